The van der Waals surface area contributed by atoms with Crippen molar-refractivity contribution in [2.75, 3.05) is 19.7 Å². The molecule has 1 atom stereocenters. The molecule has 20 heavy (non-hydrogen) atoms. The molecule has 1 aliphatic carbocycles. The van der Waals surface area contributed by atoms with Gasteiger partial charge < -0.3 is 20.1 Å². The molecule has 2 aliphatic rings. The van der Waals surface area contributed by atoms with Crippen molar-refractivity contribution in [3.05, 3.63) is 0 Å². The molecule has 5 nitrogen and oxygen atoms in total. The second-order valence-electron chi connectivity index (χ2n) is 7.08. The predicted octanol–water partition coefficient (Wildman–Crippen LogP) is 1.75. The van der Waals surface area contributed by atoms with E-state index in [1.807, 2.05) is 4.90 Å². The van der Waals surface area contributed by atoms with Gasteiger partial charge in [0.25, 0.3) is 0 Å². The predicted molar refractivity (Wildman–Crippen MR) is 77.6 cm³/mol. The van der Waals surface area contributed by atoms with E-state index in [-0.39, 0.29) is 30.4 Å². The van der Waals surface area contributed by atoms with Crippen LogP contribution in [0, 0.1) is 5.92 Å². The summed E-state index contributed by atoms with van der Waals surface area (Å²) in [7, 11) is 0. The monoisotopic (exact) mass is 284 g/mol. The number of likely N-dealkylation sites (tertiary alicyclic amines) is 1. The van der Waals surface area contributed by atoms with Crippen LogP contribution in [0.2, 0.25) is 0 Å². The molecule has 0 bridgehead atoms. The Bertz CT molecular complexity index is 335. The minimum Gasteiger partial charge on any atom is -0.396 e. The van der Waals surface area contributed by atoms with Crippen molar-refractivity contribution in [3.63, 3.8) is 0 Å². The average Bonchev–Trinajstić information content (AvgIpc) is 2.73. The maximum absolute atomic E-state index is 12.1. The molecule has 1 saturated heterocycles. The SMILES string of the molecule is CC(C)(C)OC1CC(NC(=O)N2CCC(CCO)C2)C1. The van der Waals surface area contributed by atoms with Gasteiger partial charge in [-0.15, -0.1) is 0 Å². The number of nitrogens with one attached hydrogen (secondary N) is 1. The van der Waals surface area contributed by atoms with Gasteiger partial charge in [0.15, 0.2) is 0 Å². The van der Waals surface area contributed by atoms with Gasteiger partial charge in [0, 0.05) is 25.7 Å². The van der Waals surface area contributed by atoms with E-state index in [0.717, 1.165) is 38.8 Å². The fraction of sp³-hybridized carbons (Fsp3) is 0.933. The molecular weight excluding hydrogens is 256 g/mol. The average molecular weight is 284 g/mol. The van der Waals surface area contributed by atoms with Gasteiger partial charge in [-0.25, -0.2) is 4.79 Å². The van der Waals surface area contributed by atoms with Crippen LogP contribution in [0.25, 0.3) is 0 Å². The van der Waals surface area contributed by atoms with Crippen LogP contribution in [0.1, 0.15) is 46.5 Å². The van der Waals surface area contributed by atoms with E-state index < -0.39 is 0 Å². The van der Waals surface area contributed by atoms with E-state index in [1.165, 1.54) is 0 Å². The highest BCUT2D eigenvalue weighted by atomic mass is 16.5. The number of carbonyl (C=O) groups excluding carboxylic acids is 1. The van der Waals surface area contributed by atoms with Crippen LogP contribution in [0.3, 0.4) is 0 Å². The van der Waals surface area contributed by atoms with Gasteiger partial charge in [-0.3, -0.25) is 0 Å². The van der Waals surface area contributed by atoms with Crippen LogP contribution in [-0.4, -0.2) is 53.5 Å². The number of aliphatic hydroxyl groups is 1. The van der Waals surface area contributed by atoms with Gasteiger partial charge in [0.2, 0.25) is 0 Å². The maximum Gasteiger partial charge on any atom is 0.317 e. The Morgan fingerprint density at radius 3 is 2.70 bits per heavy atom. The molecule has 1 aliphatic heterocycles. The number of ether oxygens (including phenoxy) is 1. The van der Waals surface area contributed by atoms with Crippen molar-refractivity contribution < 1.29 is 14.6 Å². The zero-order chi connectivity index (χ0) is 14.8. The smallest absolute Gasteiger partial charge is 0.317 e. The van der Waals surface area contributed by atoms with Gasteiger partial charge in [-0.2, -0.15) is 0 Å². The molecule has 0 aromatic carbocycles. The van der Waals surface area contributed by atoms with Crippen LogP contribution >= 0.6 is 0 Å². The summed E-state index contributed by atoms with van der Waals surface area (Å²) in [6.07, 6.45) is 3.91. The van der Waals surface area contributed by atoms with Crippen molar-refractivity contribution in [2.45, 2.75) is 64.2 Å². The quantitative estimate of drug-likeness (QED) is 0.826. The summed E-state index contributed by atoms with van der Waals surface area (Å²) in [5.74, 6) is 0.462. The van der Waals surface area contributed by atoms with E-state index in [4.69, 9.17) is 9.84 Å². The molecule has 2 fully saturated rings. The third-order valence-corrected chi connectivity index (χ3v) is 4.05. The molecule has 0 radical (unpaired) electrons. The largest absolute Gasteiger partial charge is 0.396 e. The summed E-state index contributed by atoms with van der Waals surface area (Å²) < 4.78 is 5.87. The maximum atomic E-state index is 12.1. The first kappa shape index (κ1) is 15.6. The van der Waals surface area contributed by atoms with Crippen LogP contribution in [0.15, 0.2) is 0 Å². The molecule has 0 aromatic rings. The Morgan fingerprint density at radius 2 is 2.10 bits per heavy atom. The number of urea groups is 1. The molecule has 116 valence electrons. The first-order chi connectivity index (χ1) is 9.37. The fourth-order valence-corrected chi connectivity index (χ4v) is 2.98. The molecule has 5 heteroatoms. The number of hydrogen-bond donors (Lipinski definition) is 2. The number of aliphatic hydroxyl groups excluding tert-OH is 1. The molecule has 2 amide bonds. The minimum absolute atomic E-state index is 0.0460. The molecule has 1 unspecified atom stereocenters. The molecule has 0 spiro atoms. The molecular formula is C15H28N2O3. The molecule has 1 heterocycles. The van der Waals surface area contributed by atoms with E-state index in [1.54, 1.807) is 0 Å². The highest BCUT2D eigenvalue weighted by molar-refractivity contribution is 5.75. The number of amides is 2. The van der Waals surface area contributed by atoms with Gasteiger partial charge in [-0.05, 0) is 52.4 Å². The van der Waals surface area contributed by atoms with Crippen molar-refractivity contribution in [2.24, 2.45) is 5.92 Å². The lowest BCUT2D eigenvalue weighted by Crippen LogP contribution is -2.52. The number of carbonyl (C=O) groups is 1. The molecule has 1 saturated carbocycles. The van der Waals surface area contributed by atoms with Crippen molar-refractivity contribution in [3.8, 4) is 0 Å². The zero-order valence-corrected chi connectivity index (χ0v) is 12.9. The van der Waals surface area contributed by atoms with E-state index in [0.29, 0.717) is 5.92 Å². The lowest BCUT2D eigenvalue weighted by molar-refractivity contribution is -0.101. The van der Waals surface area contributed by atoms with Crippen LogP contribution < -0.4 is 5.32 Å². The normalized spacial score (nSPS) is 30.2. The standard InChI is InChI=1S/C15H28N2O3/c1-15(2,3)20-13-8-12(9-13)16-14(19)17-6-4-11(10-17)5-7-18/h11-13,18H,4-10H2,1-3H3,(H,16,19). The molecule has 2 N–H and O–H groups in total. The van der Waals surface area contributed by atoms with Crippen molar-refractivity contribution in [1.29, 1.82) is 0 Å². The first-order valence-electron chi connectivity index (χ1n) is 7.71. The molecule has 0 aromatic heterocycles. The second-order valence-corrected chi connectivity index (χ2v) is 7.08. The van der Waals surface area contributed by atoms with E-state index in [2.05, 4.69) is 26.1 Å². The number of nitrogens with zero attached hydrogens (tertiary/aromatic N) is 1. The Hall–Kier alpha value is -0.810. The van der Waals surface area contributed by atoms with Crippen molar-refractivity contribution >= 4 is 6.03 Å². The summed E-state index contributed by atoms with van der Waals surface area (Å²) >= 11 is 0. The summed E-state index contributed by atoms with van der Waals surface area (Å²) in [5, 5.41) is 12.0. The fourth-order valence-electron chi connectivity index (χ4n) is 2.98. The lowest BCUT2D eigenvalue weighted by atomic mass is 9.88. The number of hydrogen-bond acceptors (Lipinski definition) is 3. The highest BCUT2D eigenvalue weighted by Gasteiger charge is 2.35. The minimum atomic E-state index is -0.105. The zero-order valence-electron chi connectivity index (χ0n) is 12.9. The van der Waals surface area contributed by atoms with Gasteiger partial charge >= 0.3 is 6.03 Å². The Labute approximate surface area is 121 Å². The van der Waals surface area contributed by atoms with Crippen LogP contribution in [0.4, 0.5) is 4.79 Å². The molecule has 2 rings (SSSR count). The summed E-state index contributed by atoms with van der Waals surface area (Å²) in [6, 6.07) is 0.302. The van der Waals surface area contributed by atoms with Crippen LogP contribution in [-0.2, 0) is 4.74 Å². The van der Waals surface area contributed by atoms with Gasteiger partial charge in [0.1, 0.15) is 0 Å². The number of rotatable bonds is 4. The Kier molecular flexibility index (Phi) is 4.91. The lowest BCUT2D eigenvalue weighted by Gasteiger charge is -2.40. The topological polar surface area (TPSA) is 61.8 Å². The van der Waals surface area contributed by atoms with Crippen LogP contribution in [0.5, 0.6) is 0 Å². The first-order valence-corrected chi connectivity index (χ1v) is 7.71. The summed E-state index contributed by atoms with van der Waals surface area (Å²) in [6.45, 7) is 7.99. The summed E-state index contributed by atoms with van der Waals surface area (Å²) in [4.78, 5) is 14.0. The van der Waals surface area contributed by atoms with Gasteiger partial charge in [0.05, 0.1) is 11.7 Å². The third-order valence-electron chi connectivity index (χ3n) is 4.05. The third kappa shape index (κ3) is 4.35. The van der Waals surface area contributed by atoms with E-state index in [9.17, 15) is 4.79 Å². The Morgan fingerprint density at radius 1 is 1.40 bits per heavy atom. The Balaban J connectivity index is 1.65. The highest BCUT2D eigenvalue weighted by Crippen LogP contribution is 2.28. The van der Waals surface area contributed by atoms with Gasteiger partial charge in [-0.1, -0.05) is 0 Å². The van der Waals surface area contributed by atoms with Crippen molar-refractivity contribution in [1.82, 2.24) is 10.2 Å². The van der Waals surface area contributed by atoms with E-state index >= 15 is 0 Å². The summed E-state index contributed by atoms with van der Waals surface area (Å²) in [5.41, 5.74) is -0.105. The second kappa shape index (κ2) is 6.31.